The average molecular weight is 508 g/mol. The minimum Gasteiger partial charge on any atom is -0.493 e. The highest BCUT2D eigenvalue weighted by molar-refractivity contribution is 6.04. The van der Waals surface area contributed by atoms with Gasteiger partial charge in [-0.05, 0) is 42.9 Å². The number of ketones is 1. The van der Waals surface area contributed by atoms with Crippen LogP contribution < -0.4 is 10.1 Å². The highest BCUT2D eigenvalue weighted by Gasteiger charge is 2.42. The molecule has 0 bridgehead atoms. The molecule has 0 spiro atoms. The first-order valence-electron chi connectivity index (χ1n) is 13.3. The number of allylic oxidation sites excluding steroid dienone is 3. The fraction of sp³-hybridized carbons (Fsp3) is 0.273. The lowest BCUT2D eigenvalue weighted by Gasteiger charge is -2.37. The standard InChI is InChI=1S/C33H33NO4/c1-3-18-37-29-17-11-10-16-26(29)31-30(33(36)38-21-23-12-6-4-7-13-23)22(2)34-27-19-25(20-28(35)32(27)31)24-14-8-5-9-15-24/h4-17,25,31,34H,3,18-21H2,1-2H3/t25-,31-/m0/s1. The quantitative estimate of drug-likeness (QED) is 0.349. The van der Waals surface area contributed by atoms with Gasteiger partial charge in [-0.25, -0.2) is 4.79 Å². The van der Waals surface area contributed by atoms with Gasteiger partial charge in [-0.15, -0.1) is 0 Å². The summed E-state index contributed by atoms with van der Waals surface area (Å²) in [5.74, 6) is -0.178. The Bertz CT molecular complexity index is 1370. The molecule has 0 fully saturated rings. The van der Waals surface area contributed by atoms with Gasteiger partial charge in [0.25, 0.3) is 0 Å². The molecule has 0 unspecified atom stereocenters. The Hall–Kier alpha value is -4.12. The Labute approximate surface area is 224 Å². The number of hydrogen-bond donors (Lipinski definition) is 1. The molecular formula is C33H33NO4. The molecule has 2 aliphatic rings. The van der Waals surface area contributed by atoms with E-state index >= 15 is 0 Å². The van der Waals surface area contributed by atoms with Gasteiger partial charge in [0.2, 0.25) is 0 Å². The zero-order valence-electron chi connectivity index (χ0n) is 21.9. The summed E-state index contributed by atoms with van der Waals surface area (Å²) < 4.78 is 11.9. The van der Waals surface area contributed by atoms with Crippen molar-refractivity contribution in [1.82, 2.24) is 5.32 Å². The number of nitrogens with one attached hydrogen (secondary N) is 1. The molecule has 0 saturated carbocycles. The number of ether oxygens (including phenoxy) is 2. The second-order valence-corrected chi connectivity index (χ2v) is 9.88. The summed E-state index contributed by atoms with van der Waals surface area (Å²) in [6.45, 7) is 4.65. The lowest BCUT2D eigenvalue weighted by molar-refractivity contribution is -0.140. The monoisotopic (exact) mass is 507 g/mol. The van der Waals surface area contributed by atoms with E-state index in [1.54, 1.807) is 0 Å². The number of Topliss-reactive ketones (excluding diaryl/α,β-unsaturated/α-hetero) is 1. The van der Waals surface area contributed by atoms with Crippen molar-refractivity contribution in [3.8, 4) is 5.75 Å². The fourth-order valence-electron chi connectivity index (χ4n) is 5.44. The third kappa shape index (κ3) is 5.28. The van der Waals surface area contributed by atoms with Crippen LogP contribution in [0.25, 0.3) is 0 Å². The van der Waals surface area contributed by atoms with Gasteiger partial charge < -0.3 is 14.8 Å². The van der Waals surface area contributed by atoms with Crippen LogP contribution in [0.4, 0.5) is 0 Å². The molecule has 1 aliphatic heterocycles. The number of esters is 1. The molecule has 0 radical (unpaired) electrons. The van der Waals surface area contributed by atoms with Crippen molar-refractivity contribution < 1.29 is 19.1 Å². The molecule has 2 atom stereocenters. The molecule has 1 N–H and O–H groups in total. The first kappa shape index (κ1) is 25.5. The summed E-state index contributed by atoms with van der Waals surface area (Å²) >= 11 is 0. The molecule has 0 aromatic heterocycles. The first-order chi connectivity index (χ1) is 18.6. The molecule has 3 aromatic rings. The summed E-state index contributed by atoms with van der Waals surface area (Å²) in [5, 5.41) is 3.44. The number of benzene rings is 3. The third-order valence-corrected chi connectivity index (χ3v) is 7.22. The van der Waals surface area contributed by atoms with E-state index in [0.29, 0.717) is 42.0 Å². The smallest absolute Gasteiger partial charge is 0.337 e. The van der Waals surface area contributed by atoms with Gasteiger partial charge in [0.1, 0.15) is 12.4 Å². The molecule has 0 saturated heterocycles. The number of hydrogen-bond acceptors (Lipinski definition) is 5. The first-order valence-corrected chi connectivity index (χ1v) is 13.3. The van der Waals surface area contributed by atoms with Gasteiger partial charge in [-0.2, -0.15) is 0 Å². The van der Waals surface area contributed by atoms with Gasteiger partial charge in [0.05, 0.1) is 18.1 Å². The zero-order valence-corrected chi connectivity index (χ0v) is 21.9. The summed E-state index contributed by atoms with van der Waals surface area (Å²) in [7, 11) is 0. The van der Waals surface area contributed by atoms with Crippen LogP contribution in [-0.2, 0) is 20.9 Å². The fourth-order valence-corrected chi connectivity index (χ4v) is 5.44. The van der Waals surface area contributed by atoms with E-state index in [2.05, 4.69) is 24.4 Å². The van der Waals surface area contributed by atoms with E-state index < -0.39 is 11.9 Å². The van der Waals surface area contributed by atoms with Gasteiger partial charge >= 0.3 is 5.97 Å². The molecule has 1 heterocycles. The lowest BCUT2D eigenvalue weighted by atomic mass is 9.71. The average Bonchev–Trinajstić information content (AvgIpc) is 2.95. The van der Waals surface area contributed by atoms with E-state index in [1.807, 2.05) is 79.7 Å². The summed E-state index contributed by atoms with van der Waals surface area (Å²) in [6, 6.07) is 27.5. The van der Waals surface area contributed by atoms with Crippen molar-refractivity contribution in [2.75, 3.05) is 6.61 Å². The maximum absolute atomic E-state index is 13.9. The van der Waals surface area contributed by atoms with Crippen molar-refractivity contribution >= 4 is 11.8 Å². The van der Waals surface area contributed by atoms with Crippen molar-refractivity contribution in [3.63, 3.8) is 0 Å². The molecule has 0 amide bonds. The lowest BCUT2D eigenvalue weighted by Crippen LogP contribution is -2.36. The third-order valence-electron chi connectivity index (χ3n) is 7.22. The number of carbonyl (C=O) groups is 2. The highest BCUT2D eigenvalue weighted by Crippen LogP contribution is 2.47. The Morgan fingerprint density at radius 3 is 2.34 bits per heavy atom. The van der Waals surface area contributed by atoms with Crippen LogP contribution >= 0.6 is 0 Å². The van der Waals surface area contributed by atoms with Gasteiger partial charge in [-0.1, -0.05) is 85.8 Å². The van der Waals surface area contributed by atoms with Crippen LogP contribution in [-0.4, -0.2) is 18.4 Å². The Morgan fingerprint density at radius 1 is 0.921 bits per heavy atom. The van der Waals surface area contributed by atoms with Crippen molar-refractivity contribution in [2.24, 2.45) is 0 Å². The SMILES string of the molecule is CCCOc1ccccc1[C@H]1C(C(=O)OCc2ccccc2)=C(C)NC2=C1C(=O)C[C@@H](c1ccccc1)C2. The molecule has 3 aromatic carbocycles. The zero-order chi connectivity index (χ0) is 26.5. The number of carbonyl (C=O) groups excluding carboxylic acids is 2. The Kier molecular flexibility index (Phi) is 7.73. The molecule has 194 valence electrons. The topological polar surface area (TPSA) is 64.6 Å². The molecule has 1 aliphatic carbocycles. The van der Waals surface area contributed by atoms with E-state index in [9.17, 15) is 9.59 Å². The minimum atomic E-state index is -0.563. The van der Waals surface area contributed by atoms with Crippen molar-refractivity contribution in [3.05, 3.63) is 124 Å². The Balaban J connectivity index is 1.55. The summed E-state index contributed by atoms with van der Waals surface area (Å²) in [6.07, 6.45) is 1.95. The molecule has 5 heteroatoms. The normalized spacial score (nSPS) is 19.1. The number of rotatable bonds is 8. The second kappa shape index (κ2) is 11.5. The molecule has 38 heavy (non-hydrogen) atoms. The van der Waals surface area contributed by atoms with E-state index in [-0.39, 0.29) is 18.3 Å². The van der Waals surface area contributed by atoms with E-state index in [1.165, 1.54) is 0 Å². The predicted molar refractivity (Wildman–Crippen MR) is 147 cm³/mol. The molecule has 5 nitrogen and oxygen atoms in total. The van der Waals surface area contributed by atoms with E-state index in [0.717, 1.165) is 28.8 Å². The number of para-hydroxylation sites is 1. The maximum atomic E-state index is 13.9. The summed E-state index contributed by atoms with van der Waals surface area (Å²) in [5.41, 5.74) is 5.55. The predicted octanol–water partition coefficient (Wildman–Crippen LogP) is 6.58. The molecular weight excluding hydrogens is 474 g/mol. The van der Waals surface area contributed by atoms with E-state index in [4.69, 9.17) is 9.47 Å². The van der Waals surface area contributed by atoms with Crippen LogP contribution in [0, 0.1) is 0 Å². The van der Waals surface area contributed by atoms with Gasteiger partial charge in [0, 0.05) is 29.0 Å². The summed E-state index contributed by atoms with van der Waals surface area (Å²) in [4.78, 5) is 27.5. The van der Waals surface area contributed by atoms with Crippen molar-refractivity contribution in [2.45, 2.75) is 51.6 Å². The Morgan fingerprint density at radius 2 is 1.61 bits per heavy atom. The van der Waals surface area contributed by atoms with Crippen LogP contribution in [0.15, 0.2) is 107 Å². The minimum absolute atomic E-state index is 0.0451. The number of dihydropyridines is 1. The van der Waals surface area contributed by atoms with Crippen LogP contribution in [0.2, 0.25) is 0 Å². The van der Waals surface area contributed by atoms with Crippen molar-refractivity contribution in [1.29, 1.82) is 0 Å². The van der Waals surface area contributed by atoms with Gasteiger partial charge in [-0.3, -0.25) is 4.79 Å². The van der Waals surface area contributed by atoms with Crippen LogP contribution in [0.1, 0.15) is 61.6 Å². The second-order valence-electron chi connectivity index (χ2n) is 9.88. The largest absolute Gasteiger partial charge is 0.493 e. The maximum Gasteiger partial charge on any atom is 0.337 e. The van der Waals surface area contributed by atoms with Crippen LogP contribution in [0.3, 0.4) is 0 Å². The van der Waals surface area contributed by atoms with Gasteiger partial charge in [0.15, 0.2) is 5.78 Å². The van der Waals surface area contributed by atoms with Crippen LogP contribution in [0.5, 0.6) is 5.75 Å². The highest BCUT2D eigenvalue weighted by atomic mass is 16.5. The molecule has 5 rings (SSSR count).